The van der Waals surface area contributed by atoms with E-state index >= 15 is 0 Å². The van der Waals surface area contributed by atoms with Crippen LogP contribution in [-0.2, 0) is 16.1 Å². The summed E-state index contributed by atoms with van der Waals surface area (Å²) in [6.07, 6.45) is 3.94. The van der Waals surface area contributed by atoms with E-state index in [9.17, 15) is 9.59 Å². The molecule has 2 aromatic carbocycles. The molecule has 1 aliphatic rings. The number of nitrogens with one attached hydrogen (secondary N) is 1. The van der Waals surface area contributed by atoms with Crippen molar-refractivity contribution in [2.75, 3.05) is 19.8 Å². The number of hydrogen-bond donors (Lipinski definition) is 1. The van der Waals surface area contributed by atoms with Crippen molar-refractivity contribution in [3.8, 4) is 11.5 Å². The molecule has 178 valence electrons. The van der Waals surface area contributed by atoms with Crippen LogP contribution in [0.15, 0.2) is 48.5 Å². The number of carbonyl (C=O) groups is 2. The molecule has 0 bridgehead atoms. The fourth-order valence-corrected chi connectivity index (χ4v) is 4.39. The van der Waals surface area contributed by atoms with Crippen LogP contribution in [0.25, 0.3) is 0 Å². The molecule has 0 aliphatic carbocycles. The third kappa shape index (κ3) is 6.06. The van der Waals surface area contributed by atoms with Gasteiger partial charge in [-0.15, -0.1) is 0 Å². The first-order chi connectivity index (χ1) is 16.0. The van der Waals surface area contributed by atoms with Crippen molar-refractivity contribution in [3.05, 3.63) is 59.7 Å². The molecule has 6 nitrogen and oxygen atoms in total. The zero-order valence-corrected chi connectivity index (χ0v) is 20.1. The maximum atomic E-state index is 13.5. The molecule has 2 aromatic rings. The number of aryl methyl sites for hydroxylation is 1. The van der Waals surface area contributed by atoms with E-state index in [4.69, 9.17) is 9.47 Å². The van der Waals surface area contributed by atoms with Crippen LogP contribution in [-0.4, -0.2) is 42.0 Å². The quantitative estimate of drug-likeness (QED) is 0.570. The van der Waals surface area contributed by atoms with Gasteiger partial charge in [0.05, 0.1) is 6.61 Å². The van der Waals surface area contributed by atoms with Gasteiger partial charge >= 0.3 is 0 Å². The molecule has 1 saturated heterocycles. The summed E-state index contributed by atoms with van der Waals surface area (Å²) in [5.41, 5.74) is 1.10. The van der Waals surface area contributed by atoms with Gasteiger partial charge in [-0.05, 0) is 68.4 Å². The average molecular weight is 453 g/mol. The van der Waals surface area contributed by atoms with E-state index in [1.54, 1.807) is 4.90 Å². The predicted molar refractivity (Wildman–Crippen MR) is 129 cm³/mol. The summed E-state index contributed by atoms with van der Waals surface area (Å²) in [7, 11) is 0. The van der Waals surface area contributed by atoms with Gasteiger partial charge in [-0.25, -0.2) is 0 Å². The highest BCUT2D eigenvalue weighted by atomic mass is 16.5. The van der Waals surface area contributed by atoms with Crippen molar-refractivity contribution in [1.29, 1.82) is 0 Å². The Bertz CT molecular complexity index is 931. The normalized spacial score (nSPS) is 18.2. The Kier molecular flexibility index (Phi) is 8.75. The van der Waals surface area contributed by atoms with Crippen LogP contribution in [0, 0.1) is 6.92 Å². The standard InChI is InChI=1S/C27H36N2O4/c1-4-17-32-24-14-13-22(18-21(24)3)19-29(25(30)20-33-23-11-7-6-8-12-23)27(5-2)15-9-10-16-28-26(27)31/h6-8,11-14,18H,4-5,9-10,15-17,19-20H2,1-3H3,(H,28,31)/t27-/m0/s1. The molecule has 33 heavy (non-hydrogen) atoms. The van der Waals surface area contributed by atoms with E-state index in [1.807, 2.05) is 62.4 Å². The lowest BCUT2D eigenvalue weighted by Crippen LogP contribution is -2.60. The summed E-state index contributed by atoms with van der Waals surface area (Å²) in [6, 6.07) is 15.3. The molecule has 1 heterocycles. The molecule has 0 saturated carbocycles. The molecule has 0 radical (unpaired) electrons. The van der Waals surface area contributed by atoms with Crippen LogP contribution in [0.4, 0.5) is 0 Å². The van der Waals surface area contributed by atoms with Crippen molar-refractivity contribution in [3.63, 3.8) is 0 Å². The number of hydrogen-bond acceptors (Lipinski definition) is 4. The van der Waals surface area contributed by atoms with Crippen LogP contribution in [0.1, 0.15) is 57.1 Å². The minimum atomic E-state index is -0.890. The minimum absolute atomic E-state index is 0.0739. The van der Waals surface area contributed by atoms with Gasteiger partial charge in [-0.3, -0.25) is 9.59 Å². The van der Waals surface area contributed by atoms with E-state index in [2.05, 4.69) is 12.2 Å². The van der Waals surface area contributed by atoms with Gasteiger partial charge in [0.2, 0.25) is 5.91 Å². The molecule has 1 fully saturated rings. The molecular formula is C27H36N2O4. The molecule has 3 rings (SSSR count). The van der Waals surface area contributed by atoms with Gasteiger partial charge in [-0.1, -0.05) is 44.2 Å². The van der Waals surface area contributed by atoms with E-state index in [1.165, 1.54) is 0 Å². The molecule has 2 amide bonds. The Morgan fingerprint density at radius 3 is 2.58 bits per heavy atom. The third-order valence-corrected chi connectivity index (χ3v) is 6.28. The van der Waals surface area contributed by atoms with Crippen molar-refractivity contribution < 1.29 is 19.1 Å². The molecular weight excluding hydrogens is 416 g/mol. The number of carbonyl (C=O) groups excluding carboxylic acids is 2. The largest absolute Gasteiger partial charge is 0.493 e. The topological polar surface area (TPSA) is 67.9 Å². The lowest BCUT2D eigenvalue weighted by atomic mass is 9.86. The highest BCUT2D eigenvalue weighted by molar-refractivity contribution is 5.92. The minimum Gasteiger partial charge on any atom is -0.493 e. The van der Waals surface area contributed by atoms with Gasteiger partial charge in [0, 0.05) is 13.1 Å². The number of benzene rings is 2. The molecule has 0 aromatic heterocycles. The number of nitrogens with zero attached hydrogens (tertiary/aromatic N) is 1. The van der Waals surface area contributed by atoms with Gasteiger partial charge < -0.3 is 19.7 Å². The number of amides is 2. The number of rotatable bonds is 10. The second kappa shape index (κ2) is 11.7. The summed E-state index contributed by atoms with van der Waals surface area (Å²) >= 11 is 0. The molecule has 1 aliphatic heterocycles. The lowest BCUT2D eigenvalue weighted by Gasteiger charge is -2.41. The summed E-state index contributed by atoms with van der Waals surface area (Å²) in [5, 5.41) is 3.03. The fourth-order valence-electron chi connectivity index (χ4n) is 4.39. The fraction of sp³-hybridized carbons (Fsp3) is 0.481. The first-order valence-corrected chi connectivity index (χ1v) is 12.0. The molecule has 0 spiro atoms. The SMILES string of the molecule is CCCOc1ccc(CN(C(=O)COc2ccccc2)[C@@]2(CC)CCCCNC2=O)cc1C. The van der Waals surface area contributed by atoms with E-state index in [0.29, 0.717) is 38.3 Å². The molecule has 0 unspecified atom stereocenters. The Morgan fingerprint density at radius 1 is 1.09 bits per heavy atom. The van der Waals surface area contributed by atoms with Crippen molar-refractivity contribution in [1.82, 2.24) is 10.2 Å². The smallest absolute Gasteiger partial charge is 0.261 e. The van der Waals surface area contributed by atoms with Gasteiger partial charge in [0.15, 0.2) is 6.61 Å². The Balaban J connectivity index is 1.88. The predicted octanol–water partition coefficient (Wildman–Crippen LogP) is 4.64. The van der Waals surface area contributed by atoms with Crippen LogP contribution >= 0.6 is 0 Å². The first-order valence-electron chi connectivity index (χ1n) is 12.0. The van der Waals surface area contributed by atoms with Gasteiger partial charge in [0.1, 0.15) is 17.0 Å². The summed E-state index contributed by atoms with van der Waals surface area (Å²) in [5.74, 6) is 1.22. The molecule has 6 heteroatoms. The van der Waals surface area contributed by atoms with Gasteiger partial charge in [0.25, 0.3) is 5.91 Å². The lowest BCUT2D eigenvalue weighted by molar-refractivity contribution is -0.151. The monoisotopic (exact) mass is 452 g/mol. The Labute approximate surface area is 197 Å². The summed E-state index contributed by atoms with van der Waals surface area (Å²) in [4.78, 5) is 28.5. The van der Waals surface area contributed by atoms with Gasteiger partial charge in [-0.2, -0.15) is 0 Å². The molecule has 1 N–H and O–H groups in total. The van der Waals surface area contributed by atoms with E-state index < -0.39 is 5.54 Å². The highest BCUT2D eigenvalue weighted by Crippen LogP contribution is 2.32. The summed E-state index contributed by atoms with van der Waals surface area (Å²) in [6.45, 7) is 7.60. The maximum absolute atomic E-state index is 13.5. The third-order valence-electron chi connectivity index (χ3n) is 6.28. The Hall–Kier alpha value is -3.02. The van der Waals surface area contributed by atoms with Crippen LogP contribution in [0.3, 0.4) is 0 Å². The van der Waals surface area contributed by atoms with Crippen LogP contribution in [0.2, 0.25) is 0 Å². The maximum Gasteiger partial charge on any atom is 0.261 e. The second-order valence-electron chi connectivity index (χ2n) is 8.63. The van der Waals surface area contributed by atoms with Crippen LogP contribution in [0.5, 0.6) is 11.5 Å². The number of ether oxygens (including phenoxy) is 2. The van der Waals surface area contributed by atoms with E-state index in [0.717, 1.165) is 36.1 Å². The highest BCUT2D eigenvalue weighted by Gasteiger charge is 2.45. The number of para-hydroxylation sites is 1. The Morgan fingerprint density at radius 2 is 1.88 bits per heavy atom. The summed E-state index contributed by atoms with van der Waals surface area (Å²) < 4.78 is 11.6. The second-order valence-corrected chi connectivity index (χ2v) is 8.63. The first kappa shape index (κ1) is 24.6. The van der Waals surface area contributed by atoms with Crippen LogP contribution < -0.4 is 14.8 Å². The van der Waals surface area contributed by atoms with Crippen molar-refractivity contribution >= 4 is 11.8 Å². The zero-order valence-electron chi connectivity index (χ0n) is 20.1. The molecule has 1 atom stereocenters. The average Bonchev–Trinajstić information content (AvgIpc) is 3.02. The van der Waals surface area contributed by atoms with Crippen molar-refractivity contribution in [2.45, 2.75) is 65.0 Å². The zero-order chi connectivity index (χ0) is 23.7. The van der Waals surface area contributed by atoms with E-state index in [-0.39, 0.29) is 18.4 Å². The van der Waals surface area contributed by atoms with Crippen molar-refractivity contribution in [2.24, 2.45) is 0 Å².